The second kappa shape index (κ2) is 5.02. The maximum atomic E-state index is 12.4. The lowest BCUT2D eigenvalue weighted by Gasteiger charge is -2.11. The van der Waals surface area contributed by atoms with Gasteiger partial charge < -0.3 is 0 Å². The van der Waals surface area contributed by atoms with Crippen LogP contribution in [-0.2, 0) is 22.0 Å². The fraction of sp³-hybridized carbons (Fsp3) is 0.214. The van der Waals surface area contributed by atoms with Crippen molar-refractivity contribution in [1.82, 2.24) is 4.98 Å². The van der Waals surface area contributed by atoms with Crippen LogP contribution in [0.2, 0.25) is 10.3 Å². The molecule has 1 aliphatic rings. The minimum atomic E-state index is -3.27. The summed E-state index contributed by atoms with van der Waals surface area (Å²) in [5.74, 6) is -0.0666. The van der Waals surface area contributed by atoms with Crippen LogP contribution in [0.15, 0.2) is 36.4 Å². The van der Waals surface area contributed by atoms with Crippen molar-refractivity contribution in [3.05, 3.63) is 63.4 Å². The van der Waals surface area contributed by atoms with E-state index in [1.807, 2.05) is 30.3 Å². The molecule has 0 fully saturated rings. The average Bonchev–Trinajstić information content (AvgIpc) is 2.64. The van der Waals surface area contributed by atoms with E-state index in [0.717, 1.165) is 5.56 Å². The minimum Gasteiger partial charge on any atom is -0.228 e. The number of rotatable bonds is 2. The molecule has 0 aliphatic carbocycles. The molecule has 0 saturated heterocycles. The lowest BCUT2D eigenvalue weighted by atomic mass is 10.0. The molecule has 1 atom stereocenters. The first-order chi connectivity index (χ1) is 9.47. The van der Waals surface area contributed by atoms with E-state index in [4.69, 9.17) is 23.2 Å². The largest absolute Gasteiger partial charge is 0.228 e. The summed E-state index contributed by atoms with van der Waals surface area (Å²) in [6.45, 7) is 0. The van der Waals surface area contributed by atoms with E-state index in [-0.39, 0.29) is 16.1 Å². The van der Waals surface area contributed by atoms with E-state index in [9.17, 15) is 8.42 Å². The smallest absolute Gasteiger partial charge is 0.161 e. The van der Waals surface area contributed by atoms with Gasteiger partial charge in [-0.3, -0.25) is 0 Å². The standard InChI is InChI=1S/C14H11Cl2NO2S/c15-13-7-10-11(14(16)17-13)8-20(18,19)12(10)6-9-4-2-1-3-5-9/h1-5,7,12H,6,8H2. The van der Waals surface area contributed by atoms with Gasteiger partial charge in [0.2, 0.25) is 0 Å². The van der Waals surface area contributed by atoms with E-state index in [0.29, 0.717) is 17.5 Å². The summed E-state index contributed by atoms with van der Waals surface area (Å²) in [7, 11) is -3.27. The zero-order valence-electron chi connectivity index (χ0n) is 10.4. The highest BCUT2D eigenvalue weighted by Crippen LogP contribution is 2.42. The second-order valence-electron chi connectivity index (χ2n) is 4.79. The Labute approximate surface area is 127 Å². The van der Waals surface area contributed by atoms with Crippen LogP contribution in [0.3, 0.4) is 0 Å². The Morgan fingerprint density at radius 2 is 1.90 bits per heavy atom. The molecule has 1 unspecified atom stereocenters. The van der Waals surface area contributed by atoms with Crippen LogP contribution in [-0.4, -0.2) is 13.4 Å². The van der Waals surface area contributed by atoms with E-state index in [1.165, 1.54) is 0 Å². The van der Waals surface area contributed by atoms with Crippen LogP contribution < -0.4 is 0 Å². The number of benzene rings is 1. The number of hydrogen-bond acceptors (Lipinski definition) is 3. The van der Waals surface area contributed by atoms with Gasteiger partial charge in [0.1, 0.15) is 10.3 Å². The van der Waals surface area contributed by atoms with Crippen molar-refractivity contribution in [2.24, 2.45) is 0 Å². The van der Waals surface area contributed by atoms with Gasteiger partial charge in [-0.2, -0.15) is 0 Å². The molecule has 1 aliphatic heterocycles. The predicted octanol–water partition coefficient (Wildman–Crippen LogP) is 3.60. The first-order valence-electron chi connectivity index (χ1n) is 6.07. The topological polar surface area (TPSA) is 47.0 Å². The first-order valence-corrected chi connectivity index (χ1v) is 8.55. The Morgan fingerprint density at radius 3 is 2.60 bits per heavy atom. The molecule has 104 valence electrons. The third-order valence-electron chi connectivity index (χ3n) is 3.47. The van der Waals surface area contributed by atoms with Crippen LogP contribution in [0.25, 0.3) is 0 Å². The molecule has 3 nitrogen and oxygen atoms in total. The van der Waals surface area contributed by atoms with Crippen molar-refractivity contribution >= 4 is 33.0 Å². The summed E-state index contributed by atoms with van der Waals surface area (Å²) in [6.07, 6.45) is 0.423. The zero-order valence-corrected chi connectivity index (χ0v) is 12.7. The number of hydrogen-bond donors (Lipinski definition) is 0. The lowest BCUT2D eigenvalue weighted by molar-refractivity contribution is 0.586. The molecule has 6 heteroatoms. The number of pyridine rings is 1. The van der Waals surface area contributed by atoms with Crippen molar-refractivity contribution in [1.29, 1.82) is 0 Å². The third kappa shape index (κ3) is 2.43. The third-order valence-corrected chi connectivity index (χ3v) is 5.95. The van der Waals surface area contributed by atoms with E-state index < -0.39 is 15.1 Å². The molecule has 0 spiro atoms. The van der Waals surface area contributed by atoms with Crippen LogP contribution in [0.5, 0.6) is 0 Å². The maximum Gasteiger partial charge on any atom is 0.161 e. The first kappa shape index (κ1) is 13.9. The molecule has 2 aromatic rings. The molecule has 0 bridgehead atoms. The Kier molecular flexibility index (Phi) is 3.48. The summed E-state index contributed by atoms with van der Waals surface area (Å²) >= 11 is 11.9. The van der Waals surface area contributed by atoms with Gasteiger partial charge in [0, 0.05) is 5.56 Å². The Bertz CT molecular complexity index is 760. The highest BCUT2D eigenvalue weighted by Gasteiger charge is 2.38. The quantitative estimate of drug-likeness (QED) is 0.792. The van der Waals surface area contributed by atoms with Crippen LogP contribution >= 0.6 is 23.2 Å². The molecule has 0 saturated carbocycles. The van der Waals surface area contributed by atoms with Gasteiger partial charge in [0.25, 0.3) is 0 Å². The highest BCUT2D eigenvalue weighted by molar-refractivity contribution is 7.91. The van der Waals surface area contributed by atoms with Crippen LogP contribution in [0, 0.1) is 0 Å². The number of halogens is 2. The molecular weight excluding hydrogens is 317 g/mol. The molecule has 3 rings (SSSR count). The maximum absolute atomic E-state index is 12.4. The van der Waals surface area contributed by atoms with Gasteiger partial charge in [-0.1, -0.05) is 53.5 Å². The zero-order chi connectivity index (χ0) is 14.3. The molecule has 0 amide bonds. The lowest BCUT2D eigenvalue weighted by Crippen LogP contribution is -2.10. The molecule has 0 radical (unpaired) electrons. The predicted molar refractivity (Wildman–Crippen MR) is 79.8 cm³/mol. The van der Waals surface area contributed by atoms with Crippen LogP contribution in [0.1, 0.15) is 21.9 Å². The fourth-order valence-electron chi connectivity index (χ4n) is 2.52. The Hall–Kier alpha value is -1.10. The Balaban J connectivity index is 2.08. The van der Waals surface area contributed by atoms with Gasteiger partial charge in [-0.25, -0.2) is 13.4 Å². The molecule has 1 aromatic heterocycles. The van der Waals surface area contributed by atoms with Gasteiger partial charge in [0.05, 0.1) is 11.0 Å². The highest BCUT2D eigenvalue weighted by atomic mass is 35.5. The molecular formula is C14H11Cl2NO2S. The fourth-order valence-corrected chi connectivity index (χ4v) is 5.06. The van der Waals surface area contributed by atoms with Gasteiger partial charge in [-0.15, -0.1) is 0 Å². The SMILES string of the molecule is O=S1(=O)Cc2c(cc(Cl)nc2Cl)C1Cc1ccccc1. The molecule has 1 aromatic carbocycles. The molecule has 0 N–H and O–H groups in total. The van der Waals surface area contributed by atoms with Gasteiger partial charge in [-0.05, 0) is 23.6 Å². The summed E-state index contributed by atoms with van der Waals surface area (Å²) in [6, 6.07) is 11.1. The van der Waals surface area contributed by atoms with Crippen molar-refractivity contribution < 1.29 is 8.42 Å². The second-order valence-corrected chi connectivity index (χ2v) is 7.72. The van der Waals surface area contributed by atoms with Crippen molar-refractivity contribution in [3.8, 4) is 0 Å². The number of nitrogens with zero attached hydrogens (tertiary/aromatic N) is 1. The normalized spacial score (nSPS) is 19.8. The van der Waals surface area contributed by atoms with E-state index in [1.54, 1.807) is 6.07 Å². The molecule has 20 heavy (non-hydrogen) atoms. The van der Waals surface area contributed by atoms with Crippen LogP contribution in [0.4, 0.5) is 0 Å². The number of aromatic nitrogens is 1. The minimum absolute atomic E-state index is 0.0666. The average molecular weight is 328 g/mol. The monoisotopic (exact) mass is 327 g/mol. The summed E-state index contributed by atoms with van der Waals surface area (Å²) in [5, 5.41) is -0.187. The van der Waals surface area contributed by atoms with Gasteiger partial charge in [0.15, 0.2) is 9.84 Å². The van der Waals surface area contributed by atoms with Crippen molar-refractivity contribution in [2.75, 3.05) is 0 Å². The summed E-state index contributed by atoms with van der Waals surface area (Å²) in [4.78, 5) is 3.92. The Morgan fingerprint density at radius 1 is 1.20 bits per heavy atom. The van der Waals surface area contributed by atoms with Crippen molar-refractivity contribution in [3.63, 3.8) is 0 Å². The van der Waals surface area contributed by atoms with E-state index in [2.05, 4.69) is 4.98 Å². The van der Waals surface area contributed by atoms with E-state index >= 15 is 0 Å². The summed E-state index contributed by atoms with van der Waals surface area (Å²) < 4.78 is 24.7. The van der Waals surface area contributed by atoms with Crippen molar-refractivity contribution in [2.45, 2.75) is 17.4 Å². The molecule has 2 heterocycles. The number of sulfone groups is 1. The number of fused-ring (bicyclic) bond motifs is 1. The summed E-state index contributed by atoms with van der Waals surface area (Å²) in [5.41, 5.74) is 2.23. The van der Waals surface area contributed by atoms with Gasteiger partial charge >= 0.3 is 0 Å².